The monoisotopic (exact) mass is 406 g/mol. The molecule has 0 aliphatic carbocycles. The van der Waals surface area contributed by atoms with E-state index in [0.717, 1.165) is 11.1 Å². The summed E-state index contributed by atoms with van der Waals surface area (Å²) >= 11 is 6.12. The molecule has 144 valence electrons. The molecular weight excluding hydrogens is 391 g/mol. The van der Waals surface area contributed by atoms with Crippen LogP contribution in [0.5, 0.6) is 0 Å². The second-order valence-corrected chi connectivity index (χ2v) is 6.85. The van der Waals surface area contributed by atoms with E-state index >= 15 is 0 Å². The minimum atomic E-state index is -0.493. The second kappa shape index (κ2) is 7.85. The summed E-state index contributed by atoms with van der Waals surface area (Å²) in [6.07, 6.45) is 0. The highest BCUT2D eigenvalue weighted by molar-refractivity contribution is 6.33. The Morgan fingerprint density at radius 2 is 1.69 bits per heavy atom. The summed E-state index contributed by atoms with van der Waals surface area (Å²) in [7, 11) is 0. The first-order chi connectivity index (χ1) is 14.0. The van der Waals surface area contributed by atoms with E-state index in [2.05, 4.69) is 15.4 Å². The van der Waals surface area contributed by atoms with Gasteiger partial charge >= 0.3 is 0 Å². The van der Waals surface area contributed by atoms with Crippen LogP contribution in [0.2, 0.25) is 5.02 Å². The van der Waals surface area contributed by atoms with Gasteiger partial charge in [0.05, 0.1) is 16.4 Å². The number of benzene rings is 3. The van der Waals surface area contributed by atoms with Crippen molar-refractivity contribution >= 4 is 23.2 Å². The lowest BCUT2D eigenvalue weighted by Gasteiger charge is -2.06. The number of para-hydroxylation sites is 1. The first-order valence-corrected chi connectivity index (χ1v) is 9.25. The maximum atomic E-state index is 13.4. The number of amides is 1. The number of carbonyl (C=O) groups is 1. The van der Waals surface area contributed by atoms with Gasteiger partial charge in [-0.3, -0.25) is 4.79 Å². The normalized spacial score (nSPS) is 10.7. The van der Waals surface area contributed by atoms with Crippen LogP contribution in [0.1, 0.15) is 16.2 Å². The molecule has 3 aromatic carbocycles. The SMILES string of the molecule is Cc1ccc(-c2nc(C(=O)Nc3ccccc3Cl)nn2-c2ccc(F)cc2)cc1. The van der Waals surface area contributed by atoms with Gasteiger partial charge in [0, 0.05) is 5.56 Å². The van der Waals surface area contributed by atoms with E-state index in [9.17, 15) is 9.18 Å². The maximum absolute atomic E-state index is 13.4. The Morgan fingerprint density at radius 1 is 1.00 bits per heavy atom. The molecule has 5 nitrogen and oxygen atoms in total. The van der Waals surface area contributed by atoms with Gasteiger partial charge in [-0.15, -0.1) is 5.10 Å². The standard InChI is InChI=1S/C22H16ClFN4O/c1-14-6-8-15(9-7-14)21-26-20(22(29)25-19-5-3-2-4-18(19)23)27-28(21)17-12-10-16(24)11-13-17/h2-13H,1H3,(H,25,29). The maximum Gasteiger partial charge on any atom is 0.295 e. The first-order valence-electron chi connectivity index (χ1n) is 8.87. The first kappa shape index (κ1) is 18.8. The Balaban J connectivity index is 1.76. The van der Waals surface area contributed by atoms with Gasteiger partial charge in [-0.05, 0) is 43.3 Å². The number of aromatic nitrogens is 3. The third-order valence-electron chi connectivity index (χ3n) is 4.31. The minimum absolute atomic E-state index is 0.0233. The van der Waals surface area contributed by atoms with Crippen molar-refractivity contribution in [2.45, 2.75) is 6.92 Å². The predicted octanol–water partition coefficient (Wildman–Crippen LogP) is 5.29. The van der Waals surface area contributed by atoms with Crippen molar-refractivity contribution in [1.82, 2.24) is 14.8 Å². The van der Waals surface area contributed by atoms with E-state index in [1.54, 1.807) is 36.4 Å². The highest BCUT2D eigenvalue weighted by Crippen LogP contribution is 2.24. The number of halogens is 2. The fraction of sp³-hybridized carbons (Fsp3) is 0.0455. The number of anilines is 1. The lowest BCUT2D eigenvalue weighted by molar-refractivity contribution is 0.101. The summed E-state index contributed by atoms with van der Waals surface area (Å²) in [6, 6.07) is 20.4. The fourth-order valence-electron chi connectivity index (χ4n) is 2.80. The molecule has 0 atom stereocenters. The average molecular weight is 407 g/mol. The van der Waals surface area contributed by atoms with E-state index in [1.807, 2.05) is 31.2 Å². The predicted molar refractivity (Wildman–Crippen MR) is 111 cm³/mol. The quantitative estimate of drug-likeness (QED) is 0.501. The molecule has 7 heteroatoms. The number of nitrogens with one attached hydrogen (secondary N) is 1. The Morgan fingerprint density at radius 3 is 2.38 bits per heavy atom. The molecule has 0 saturated heterocycles. The average Bonchev–Trinajstić information content (AvgIpc) is 3.16. The summed E-state index contributed by atoms with van der Waals surface area (Å²) in [5.41, 5.74) is 2.93. The largest absolute Gasteiger partial charge is 0.318 e. The molecule has 0 radical (unpaired) electrons. The van der Waals surface area contributed by atoms with Gasteiger partial charge in [0.2, 0.25) is 5.82 Å². The highest BCUT2D eigenvalue weighted by Gasteiger charge is 2.19. The molecule has 0 bridgehead atoms. The van der Waals surface area contributed by atoms with Crippen LogP contribution in [0.25, 0.3) is 17.1 Å². The number of carbonyl (C=O) groups excluding carboxylic acids is 1. The Labute approximate surface area is 171 Å². The summed E-state index contributed by atoms with van der Waals surface area (Å²) in [5.74, 6) is -0.402. The number of hydrogen-bond donors (Lipinski definition) is 1. The van der Waals surface area contributed by atoms with E-state index in [1.165, 1.54) is 16.8 Å². The van der Waals surface area contributed by atoms with Gasteiger partial charge < -0.3 is 5.32 Å². The minimum Gasteiger partial charge on any atom is -0.318 e. The van der Waals surface area contributed by atoms with Crippen molar-refractivity contribution in [3.63, 3.8) is 0 Å². The van der Waals surface area contributed by atoms with Crippen molar-refractivity contribution in [3.8, 4) is 17.1 Å². The number of aryl methyl sites for hydroxylation is 1. The van der Waals surface area contributed by atoms with Crippen LogP contribution >= 0.6 is 11.6 Å². The van der Waals surface area contributed by atoms with E-state index in [-0.39, 0.29) is 11.6 Å². The highest BCUT2D eigenvalue weighted by atomic mass is 35.5. The Kier molecular flexibility index (Phi) is 5.10. The van der Waals surface area contributed by atoms with E-state index in [4.69, 9.17) is 11.6 Å². The molecule has 0 aliphatic rings. The summed E-state index contributed by atoms with van der Waals surface area (Å²) in [4.78, 5) is 17.2. The lowest BCUT2D eigenvalue weighted by Crippen LogP contribution is -2.14. The molecular formula is C22H16ClFN4O. The van der Waals surface area contributed by atoms with Gasteiger partial charge in [0.25, 0.3) is 5.91 Å². The van der Waals surface area contributed by atoms with E-state index < -0.39 is 5.91 Å². The summed E-state index contributed by atoms with van der Waals surface area (Å²) in [6.45, 7) is 1.98. The Hall–Kier alpha value is -3.51. The molecule has 1 aromatic heterocycles. The Bertz CT molecular complexity index is 1110. The number of rotatable bonds is 4. The van der Waals surface area contributed by atoms with Crippen LogP contribution in [0.3, 0.4) is 0 Å². The number of hydrogen-bond acceptors (Lipinski definition) is 3. The van der Waals surface area contributed by atoms with Gasteiger partial charge in [0.15, 0.2) is 5.82 Å². The van der Waals surface area contributed by atoms with Gasteiger partial charge in [0.1, 0.15) is 5.82 Å². The molecule has 0 aliphatic heterocycles. The molecule has 1 N–H and O–H groups in total. The zero-order valence-corrected chi connectivity index (χ0v) is 16.2. The second-order valence-electron chi connectivity index (χ2n) is 6.45. The van der Waals surface area contributed by atoms with Crippen LogP contribution in [-0.4, -0.2) is 20.7 Å². The van der Waals surface area contributed by atoms with Gasteiger partial charge in [-0.25, -0.2) is 14.1 Å². The topological polar surface area (TPSA) is 59.8 Å². The third-order valence-corrected chi connectivity index (χ3v) is 4.64. The van der Waals surface area contributed by atoms with Crippen LogP contribution in [-0.2, 0) is 0 Å². The zero-order valence-electron chi connectivity index (χ0n) is 15.4. The van der Waals surface area contributed by atoms with E-state index in [0.29, 0.717) is 22.2 Å². The van der Waals surface area contributed by atoms with Crippen molar-refractivity contribution < 1.29 is 9.18 Å². The van der Waals surface area contributed by atoms with Gasteiger partial charge in [-0.2, -0.15) is 0 Å². The molecule has 0 fully saturated rings. The smallest absolute Gasteiger partial charge is 0.295 e. The van der Waals surface area contributed by atoms with Crippen molar-refractivity contribution in [1.29, 1.82) is 0 Å². The molecule has 0 unspecified atom stereocenters. The van der Waals surface area contributed by atoms with Crippen LogP contribution in [0.4, 0.5) is 10.1 Å². The van der Waals surface area contributed by atoms with Crippen molar-refractivity contribution in [2.24, 2.45) is 0 Å². The van der Waals surface area contributed by atoms with Crippen LogP contribution in [0, 0.1) is 12.7 Å². The number of nitrogens with zero attached hydrogens (tertiary/aromatic N) is 3. The third kappa shape index (κ3) is 4.02. The molecule has 29 heavy (non-hydrogen) atoms. The molecule has 1 heterocycles. The lowest BCUT2D eigenvalue weighted by atomic mass is 10.1. The van der Waals surface area contributed by atoms with Crippen molar-refractivity contribution in [2.75, 3.05) is 5.32 Å². The molecule has 1 amide bonds. The molecule has 0 saturated carbocycles. The molecule has 4 rings (SSSR count). The van der Waals surface area contributed by atoms with Crippen LogP contribution in [0.15, 0.2) is 72.8 Å². The zero-order chi connectivity index (χ0) is 20.4. The van der Waals surface area contributed by atoms with Gasteiger partial charge in [-0.1, -0.05) is 53.6 Å². The van der Waals surface area contributed by atoms with Crippen molar-refractivity contribution in [3.05, 3.63) is 95.0 Å². The van der Waals surface area contributed by atoms with Crippen LogP contribution < -0.4 is 5.32 Å². The molecule has 0 spiro atoms. The summed E-state index contributed by atoms with van der Waals surface area (Å²) in [5, 5.41) is 7.50. The summed E-state index contributed by atoms with van der Waals surface area (Å²) < 4.78 is 14.9. The molecule has 4 aromatic rings. The fourth-order valence-corrected chi connectivity index (χ4v) is 2.98.